The quantitative estimate of drug-likeness (QED) is 0.0567. The number of nitrogens with one attached hydrogen (secondary N) is 4. The molecule has 1 fully saturated rings. The predicted octanol–water partition coefficient (Wildman–Crippen LogP) is 11.1. The monoisotopic (exact) mass is 1030 g/mol. The van der Waals surface area contributed by atoms with Gasteiger partial charge in [0.25, 0.3) is 11.8 Å². The van der Waals surface area contributed by atoms with Crippen LogP contribution in [0.15, 0.2) is 103 Å². The van der Waals surface area contributed by atoms with E-state index in [-0.39, 0.29) is 50.8 Å². The number of pyridine rings is 2. The number of aliphatic hydroxyl groups is 2. The van der Waals surface area contributed by atoms with Crippen LogP contribution in [0.3, 0.4) is 0 Å². The molecule has 3 aliphatic rings. The van der Waals surface area contributed by atoms with Gasteiger partial charge in [-0.2, -0.15) is 0 Å². The number of aromatic nitrogens is 4. The summed E-state index contributed by atoms with van der Waals surface area (Å²) < 4.78 is 23.0. The summed E-state index contributed by atoms with van der Waals surface area (Å²) in [7, 11) is -0.342. The Morgan fingerprint density at radius 2 is 1.09 bits per heavy atom. The maximum absolute atomic E-state index is 12.3. The lowest BCUT2D eigenvalue weighted by Gasteiger charge is -2.32. The van der Waals surface area contributed by atoms with E-state index >= 15 is 0 Å². The average Bonchev–Trinajstić information content (AvgIpc) is 4.03. The second kappa shape index (κ2) is 21.7. The van der Waals surface area contributed by atoms with Crippen molar-refractivity contribution in [2.45, 2.75) is 98.1 Å². The summed E-state index contributed by atoms with van der Waals surface area (Å²) in [6, 6.07) is 27.3. The highest BCUT2D eigenvalue weighted by atomic mass is 35.5. The number of rotatable bonds is 10. The molecule has 11 rings (SSSR count). The van der Waals surface area contributed by atoms with E-state index in [4.69, 9.17) is 35.4 Å². The zero-order chi connectivity index (χ0) is 52.6. The standard InChI is InChI=1S/C26H25N3O3.C18H27BO4.C14H10ClN3O.CH4/c1-26(2,31)15-32-19-8-4-16(5-9-19)3-7-18-13-21-17(14-28-18)6-10-20-23-22(29-24(20)21)11-12-27-25(23)30;1-16(2,20)13-21-15-9-7-14(8-10-15)11-12-19-22-17(3,4)18(5,6)23-19;15-11-5-9-7(6-17-11)1-2-8-12-10(18-13(8)9)3-4-16-14(12)19;/h3-10,13-14,28,31H,11-12,15H2,1-2H3,(H,27,30);7-12,20H,13H2,1-6H3;1-2,5-6,17H,3-4H2,(H,16,19);1H4/b7-3+;12-11+;;. The second-order valence-corrected chi connectivity index (χ2v) is 21.5. The van der Waals surface area contributed by atoms with E-state index in [2.05, 4.69) is 31.7 Å². The summed E-state index contributed by atoms with van der Waals surface area (Å²) in [6.07, 6.45) is 11.4. The van der Waals surface area contributed by atoms with Crippen molar-refractivity contribution in [1.82, 2.24) is 30.6 Å². The Labute approximate surface area is 443 Å². The van der Waals surface area contributed by atoms with Crippen LogP contribution in [0.4, 0.5) is 0 Å². The van der Waals surface area contributed by atoms with Crippen molar-refractivity contribution in [3.8, 4) is 11.5 Å². The van der Waals surface area contributed by atoms with E-state index in [0.717, 1.165) is 95.9 Å². The van der Waals surface area contributed by atoms with Crippen LogP contribution in [0.2, 0.25) is 5.15 Å². The van der Waals surface area contributed by atoms with Crippen molar-refractivity contribution < 1.29 is 38.6 Å². The highest BCUT2D eigenvalue weighted by Gasteiger charge is 2.50. The molecule has 6 N–H and O–H groups in total. The van der Waals surface area contributed by atoms with Gasteiger partial charge < -0.3 is 49.6 Å². The van der Waals surface area contributed by atoms with Gasteiger partial charge in [-0.15, -0.1) is 0 Å². The van der Waals surface area contributed by atoms with Crippen molar-refractivity contribution in [3.05, 3.63) is 148 Å². The lowest BCUT2D eigenvalue weighted by molar-refractivity contribution is 0.00578. The molecule has 4 aromatic heterocycles. The molecular weight excluding hydrogens is 967 g/mol. The van der Waals surface area contributed by atoms with E-state index in [1.807, 2.05) is 143 Å². The van der Waals surface area contributed by atoms with Crippen molar-refractivity contribution >= 4 is 92.1 Å². The zero-order valence-corrected chi connectivity index (χ0v) is 43.7. The lowest BCUT2D eigenvalue weighted by Crippen LogP contribution is -2.41. The Bertz CT molecular complexity index is 3430. The van der Waals surface area contributed by atoms with Gasteiger partial charge in [0, 0.05) is 70.9 Å². The van der Waals surface area contributed by atoms with Gasteiger partial charge in [-0.05, 0) is 114 Å². The molecule has 0 bridgehead atoms. The third-order valence-corrected chi connectivity index (χ3v) is 13.5. The first kappa shape index (κ1) is 54.3. The van der Waals surface area contributed by atoms with E-state index < -0.39 is 11.2 Å². The Morgan fingerprint density at radius 1 is 0.640 bits per heavy atom. The first-order chi connectivity index (χ1) is 35.1. The number of hydrogen-bond donors (Lipinski definition) is 6. The number of halogens is 1. The molecule has 390 valence electrons. The molecule has 4 aromatic carbocycles. The van der Waals surface area contributed by atoms with Crippen LogP contribution in [0.5, 0.6) is 11.5 Å². The molecule has 14 nitrogen and oxygen atoms in total. The summed E-state index contributed by atoms with van der Waals surface area (Å²) in [5.41, 5.74) is 5.59. The number of benzene rings is 4. The van der Waals surface area contributed by atoms with Crippen molar-refractivity contribution in [2.75, 3.05) is 26.3 Å². The smallest absolute Gasteiger partial charge is 0.487 e. The number of carbonyl (C=O) groups is 2. The Hall–Kier alpha value is -7.01. The minimum absolute atomic E-state index is 0. The molecular formula is C59H66BClN6O8. The maximum atomic E-state index is 12.3. The molecule has 0 radical (unpaired) electrons. The van der Waals surface area contributed by atoms with Gasteiger partial charge in [-0.3, -0.25) is 19.6 Å². The number of nitrogens with zero attached hydrogens (tertiary/aromatic N) is 2. The van der Waals surface area contributed by atoms with Crippen LogP contribution < -0.4 is 20.1 Å². The summed E-state index contributed by atoms with van der Waals surface area (Å²) in [5, 5.41) is 31.7. The SMILES string of the molecule is C.CC(C)(O)COc1ccc(/C=C/B2OC(C)(C)C(C)(C)O2)cc1.CC(C)(O)COc1ccc(/C=C/c2cc3c(ccc4c5c(nc43)CCNC5=O)c[nH]2)cc1.O=C1NCCc2nc3c(ccc4c[nH]c(Cl)cc43)c21. The van der Waals surface area contributed by atoms with E-state index in [1.54, 1.807) is 27.7 Å². The molecule has 16 heteroatoms. The van der Waals surface area contributed by atoms with Crippen LogP contribution in [-0.2, 0) is 22.2 Å². The number of hydrogen-bond acceptors (Lipinski definition) is 10. The van der Waals surface area contributed by atoms with E-state index in [1.165, 1.54) is 0 Å². The van der Waals surface area contributed by atoms with E-state index in [9.17, 15) is 19.8 Å². The first-order valence-corrected chi connectivity index (χ1v) is 25.2. The molecule has 0 atom stereocenters. The molecule has 0 aliphatic carbocycles. The third-order valence-electron chi connectivity index (χ3n) is 13.3. The number of amides is 2. The number of carbonyl (C=O) groups excluding carboxylic acids is 2. The number of H-pyrrole nitrogens is 2. The molecule has 3 aliphatic heterocycles. The topological polar surface area (TPSA) is 193 Å². The Morgan fingerprint density at radius 3 is 1.57 bits per heavy atom. The fourth-order valence-electron chi connectivity index (χ4n) is 8.76. The van der Waals surface area contributed by atoms with Crippen molar-refractivity contribution in [2.24, 2.45) is 0 Å². The van der Waals surface area contributed by atoms with E-state index in [0.29, 0.717) is 29.4 Å². The van der Waals surface area contributed by atoms with Crippen molar-refractivity contribution in [1.29, 1.82) is 0 Å². The van der Waals surface area contributed by atoms with Crippen LogP contribution in [0.1, 0.15) is 112 Å². The van der Waals surface area contributed by atoms with Gasteiger partial charge in [0.2, 0.25) is 0 Å². The van der Waals surface area contributed by atoms with Crippen molar-refractivity contribution in [3.63, 3.8) is 0 Å². The molecule has 7 heterocycles. The molecule has 0 saturated carbocycles. The minimum Gasteiger partial charge on any atom is -0.491 e. The summed E-state index contributed by atoms with van der Waals surface area (Å²) in [4.78, 5) is 40.1. The molecule has 1 saturated heterocycles. The largest absolute Gasteiger partial charge is 0.491 e. The second-order valence-electron chi connectivity index (χ2n) is 21.1. The summed E-state index contributed by atoms with van der Waals surface area (Å²) in [6.45, 7) is 16.8. The average molecular weight is 1030 g/mol. The van der Waals surface area contributed by atoms with Crippen LogP contribution in [0.25, 0.3) is 61.6 Å². The number of ether oxygens (including phenoxy) is 2. The Balaban J connectivity index is 0.000000154. The fraction of sp³-hybridized carbons (Fsp3) is 0.322. The Kier molecular flexibility index (Phi) is 15.7. The van der Waals surface area contributed by atoms with Gasteiger partial charge in [-0.1, -0.05) is 85.7 Å². The zero-order valence-electron chi connectivity index (χ0n) is 43.0. The number of aromatic amines is 2. The predicted molar refractivity (Wildman–Crippen MR) is 302 cm³/mol. The molecule has 0 unspecified atom stereocenters. The van der Waals surface area contributed by atoms with Gasteiger partial charge in [0.05, 0.1) is 56.0 Å². The maximum Gasteiger partial charge on any atom is 0.487 e. The summed E-state index contributed by atoms with van der Waals surface area (Å²) in [5.74, 6) is 3.31. The molecule has 8 aromatic rings. The van der Waals surface area contributed by atoms with Crippen LogP contribution in [-0.4, -0.2) is 97.8 Å². The minimum atomic E-state index is -0.866. The third kappa shape index (κ3) is 12.6. The van der Waals surface area contributed by atoms with Crippen LogP contribution in [0, 0.1) is 0 Å². The molecule has 2 amide bonds. The normalized spacial score (nSPS) is 16.0. The highest BCUT2D eigenvalue weighted by Crippen LogP contribution is 2.37. The van der Waals surface area contributed by atoms with Gasteiger partial charge in [-0.25, -0.2) is 0 Å². The van der Waals surface area contributed by atoms with Gasteiger partial charge >= 0.3 is 7.12 Å². The molecule has 75 heavy (non-hydrogen) atoms. The highest BCUT2D eigenvalue weighted by molar-refractivity contribution is 6.52. The first-order valence-electron chi connectivity index (χ1n) is 24.8. The number of fused-ring (bicyclic) bond motifs is 10. The lowest BCUT2D eigenvalue weighted by atomic mass is 9.89. The summed E-state index contributed by atoms with van der Waals surface area (Å²) >= 11 is 6.01. The van der Waals surface area contributed by atoms with Crippen LogP contribution >= 0.6 is 11.6 Å². The van der Waals surface area contributed by atoms with Gasteiger partial charge in [0.1, 0.15) is 29.9 Å². The van der Waals surface area contributed by atoms with Gasteiger partial charge in [0.15, 0.2) is 0 Å². The molecule has 0 spiro atoms. The fourth-order valence-corrected chi connectivity index (χ4v) is 8.92.